The van der Waals surface area contributed by atoms with E-state index < -0.39 is 0 Å². The number of ether oxygens (including phenoxy) is 1. The third-order valence-electron chi connectivity index (χ3n) is 7.36. The van der Waals surface area contributed by atoms with Crippen LogP contribution in [0.1, 0.15) is 53.6 Å². The van der Waals surface area contributed by atoms with E-state index in [4.69, 9.17) is 4.74 Å². The normalized spacial score (nSPS) is 20.3. The van der Waals surface area contributed by atoms with Crippen LogP contribution in [0.15, 0.2) is 48.5 Å². The second-order valence-corrected chi connectivity index (χ2v) is 9.47. The first kappa shape index (κ1) is 21.5. The van der Waals surface area contributed by atoms with Crippen molar-refractivity contribution >= 4 is 5.91 Å². The highest BCUT2D eigenvalue weighted by atomic mass is 16.5. The van der Waals surface area contributed by atoms with Crippen LogP contribution in [0, 0.1) is 0 Å². The van der Waals surface area contributed by atoms with Crippen molar-refractivity contribution in [1.29, 1.82) is 0 Å². The van der Waals surface area contributed by atoms with E-state index in [1.165, 1.54) is 43.5 Å². The van der Waals surface area contributed by atoms with Crippen LogP contribution in [0.5, 0.6) is 5.75 Å². The Balaban J connectivity index is 1.07. The summed E-state index contributed by atoms with van der Waals surface area (Å²) in [6.45, 7) is 7.85. The zero-order chi connectivity index (χ0) is 21.8. The molecule has 0 aliphatic carbocycles. The number of benzene rings is 2. The Bertz CT molecular complexity index is 874. The Morgan fingerprint density at radius 3 is 2.16 bits per heavy atom. The first-order chi connectivity index (χ1) is 15.8. The van der Waals surface area contributed by atoms with Crippen molar-refractivity contribution in [2.75, 3.05) is 39.3 Å². The molecule has 0 atom stereocenters. The summed E-state index contributed by atoms with van der Waals surface area (Å²) in [5.74, 6) is 0.999. The second-order valence-electron chi connectivity index (χ2n) is 9.47. The number of piperidine rings is 2. The van der Waals surface area contributed by atoms with E-state index in [9.17, 15) is 4.79 Å². The minimum Gasteiger partial charge on any atom is -0.492 e. The van der Waals surface area contributed by atoms with Gasteiger partial charge < -0.3 is 9.64 Å². The van der Waals surface area contributed by atoms with Crippen LogP contribution < -0.4 is 4.74 Å². The highest BCUT2D eigenvalue weighted by Gasteiger charge is 2.30. The van der Waals surface area contributed by atoms with Gasteiger partial charge in [-0.25, -0.2) is 0 Å². The van der Waals surface area contributed by atoms with Gasteiger partial charge in [0.05, 0.1) is 0 Å². The van der Waals surface area contributed by atoms with Crippen molar-refractivity contribution in [2.24, 2.45) is 0 Å². The molecule has 0 saturated carbocycles. The van der Waals surface area contributed by atoms with Crippen LogP contribution in [0.3, 0.4) is 0 Å². The summed E-state index contributed by atoms with van der Waals surface area (Å²) in [7, 11) is 0. The summed E-state index contributed by atoms with van der Waals surface area (Å²) in [4.78, 5) is 20.1. The molecule has 0 radical (unpaired) electrons. The molecule has 0 bridgehead atoms. The maximum Gasteiger partial charge on any atom is 0.253 e. The quantitative estimate of drug-likeness (QED) is 0.685. The summed E-state index contributed by atoms with van der Waals surface area (Å²) < 4.78 is 5.91. The molecule has 32 heavy (non-hydrogen) atoms. The van der Waals surface area contributed by atoms with E-state index in [1.54, 1.807) is 0 Å². The minimum absolute atomic E-state index is 0.146. The maximum atomic E-state index is 13.0. The number of carbonyl (C=O) groups excluding carboxylic acids is 1. The van der Waals surface area contributed by atoms with Crippen LogP contribution in [0.25, 0.3) is 0 Å². The molecule has 2 fully saturated rings. The molecular formula is C27H35N3O2. The zero-order valence-electron chi connectivity index (χ0n) is 19.0. The number of carbonyl (C=O) groups is 1. The van der Waals surface area contributed by atoms with Gasteiger partial charge in [0, 0.05) is 44.3 Å². The van der Waals surface area contributed by atoms with Gasteiger partial charge in [-0.2, -0.15) is 0 Å². The Labute approximate surface area is 191 Å². The minimum atomic E-state index is 0.146. The third kappa shape index (κ3) is 5.00. The standard InChI is InChI=1S/C27H35N3O2/c31-27(22-8-10-26(11-9-22)32-19-18-28-14-4-1-5-15-28)29-16-12-25(13-17-29)30-20-23-6-2-3-7-24(23)21-30/h2-3,6-11,25H,1,4-5,12-21H2. The summed E-state index contributed by atoms with van der Waals surface area (Å²) in [6.07, 6.45) is 6.07. The lowest BCUT2D eigenvalue weighted by atomic mass is 10.0. The lowest BCUT2D eigenvalue weighted by Gasteiger charge is -2.36. The highest BCUT2D eigenvalue weighted by Crippen LogP contribution is 2.28. The van der Waals surface area contributed by atoms with Crippen molar-refractivity contribution < 1.29 is 9.53 Å². The molecule has 3 heterocycles. The Morgan fingerprint density at radius 1 is 0.844 bits per heavy atom. The van der Waals surface area contributed by atoms with Crippen LogP contribution in [-0.4, -0.2) is 66.0 Å². The fourth-order valence-electron chi connectivity index (χ4n) is 5.40. The van der Waals surface area contributed by atoms with Crippen LogP contribution in [0.2, 0.25) is 0 Å². The van der Waals surface area contributed by atoms with Crippen LogP contribution in [0.4, 0.5) is 0 Å². The van der Waals surface area contributed by atoms with Gasteiger partial charge in [-0.15, -0.1) is 0 Å². The van der Waals surface area contributed by atoms with Gasteiger partial charge in [0.1, 0.15) is 12.4 Å². The number of nitrogens with zero attached hydrogens (tertiary/aromatic N) is 3. The lowest BCUT2D eigenvalue weighted by Crippen LogP contribution is -2.45. The van der Waals surface area contributed by atoms with E-state index in [-0.39, 0.29) is 5.91 Å². The van der Waals surface area contributed by atoms with E-state index >= 15 is 0 Å². The number of rotatable bonds is 6. The summed E-state index contributed by atoms with van der Waals surface area (Å²) in [5.41, 5.74) is 3.69. The molecule has 2 saturated heterocycles. The molecule has 0 N–H and O–H groups in total. The van der Waals surface area contributed by atoms with E-state index in [2.05, 4.69) is 34.1 Å². The van der Waals surface area contributed by atoms with Gasteiger partial charge in [-0.3, -0.25) is 14.6 Å². The predicted octanol–water partition coefficient (Wildman–Crippen LogP) is 4.17. The van der Waals surface area contributed by atoms with E-state index in [0.717, 1.165) is 56.9 Å². The molecule has 170 valence electrons. The fraction of sp³-hybridized carbons (Fsp3) is 0.519. The van der Waals surface area contributed by atoms with Crippen LogP contribution >= 0.6 is 0 Å². The topological polar surface area (TPSA) is 36.0 Å². The average molecular weight is 434 g/mol. The molecule has 0 aromatic heterocycles. The molecule has 3 aliphatic heterocycles. The molecule has 0 spiro atoms. The Morgan fingerprint density at radius 2 is 1.50 bits per heavy atom. The van der Waals surface area contributed by atoms with E-state index in [0.29, 0.717) is 12.6 Å². The van der Waals surface area contributed by atoms with Gasteiger partial charge in [0.25, 0.3) is 5.91 Å². The lowest BCUT2D eigenvalue weighted by molar-refractivity contribution is 0.0614. The second kappa shape index (κ2) is 10.1. The molecule has 5 heteroatoms. The molecule has 1 amide bonds. The van der Waals surface area contributed by atoms with Gasteiger partial charge in [0.15, 0.2) is 0 Å². The van der Waals surface area contributed by atoms with Crippen molar-refractivity contribution in [3.8, 4) is 5.75 Å². The van der Waals surface area contributed by atoms with E-state index in [1.807, 2.05) is 29.2 Å². The number of likely N-dealkylation sites (tertiary alicyclic amines) is 2. The smallest absolute Gasteiger partial charge is 0.253 e. The molecule has 2 aromatic rings. The third-order valence-corrected chi connectivity index (χ3v) is 7.36. The first-order valence-corrected chi connectivity index (χ1v) is 12.3. The zero-order valence-corrected chi connectivity index (χ0v) is 19.0. The predicted molar refractivity (Wildman–Crippen MR) is 127 cm³/mol. The van der Waals surface area contributed by atoms with Crippen molar-refractivity contribution in [2.45, 2.75) is 51.2 Å². The average Bonchev–Trinajstić information content (AvgIpc) is 3.29. The van der Waals surface area contributed by atoms with Crippen molar-refractivity contribution in [1.82, 2.24) is 14.7 Å². The number of amides is 1. The molecule has 5 nitrogen and oxygen atoms in total. The monoisotopic (exact) mass is 433 g/mol. The maximum absolute atomic E-state index is 13.0. The first-order valence-electron chi connectivity index (χ1n) is 12.3. The van der Waals surface area contributed by atoms with Crippen LogP contribution in [-0.2, 0) is 13.1 Å². The molecule has 2 aromatic carbocycles. The molecular weight excluding hydrogens is 398 g/mol. The molecule has 5 rings (SSSR count). The fourth-order valence-corrected chi connectivity index (χ4v) is 5.40. The molecule has 3 aliphatic rings. The summed E-state index contributed by atoms with van der Waals surface area (Å²) >= 11 is 0. The van der Waals surface area contributed by atoms with Gasteiger partial charge >= 0.3 is 0 Å². The SMILES string of the molecule is O=C(c1ccc(OCCN2CCCCC2)cc1)N1CCC(N2Cc3ccccc3C2)CC1. The Kier molecular flexibility index (Phi) is 6.75. The number of hydrogen-bond acceptors (Lipinski definition) is 4. The summed E-state index contributed by atoms with van der Waals surface area (Å²) in [6, 6.07) is 17.0. The Hall–Kier alpha value is -2.37. The summed E-state index contributed by atoms with van der Waals surface area (Å²) in [5, 5.41) is 0. The van der Waals surface area contributed by atoms with Crippen molar-refractivity contribution in [3.63, 3.8) is 0 Å². The van der Waals surface area contributed by atoms with Crippen molar-refractivity contribution in [3.05, 3.63) is 65.2 Å². The van der Waals surface area contributed by atoms with Gasteiger partial charge in [-0.1, -0.05) is 30.7 Å². The number of fused-ring (bicyclic) bond motifs is 1. The molecule has 0 unspecified atom stereocenters. The number of hydrogen-bond donors (Lipinski definition) is 0. The van der Waals surface area contributed by atoms with Gasteiger partial charge in [-0.05, 0) is 74.2 Å². The van der Waals surface area contributed by atoms with Gasteiger partial charge in [0.2, 0.25) is 0 Å². The highest BCUT2D eigenvalue weighted by molar-refractivity contribution is 5.94. The largest absolute Gasteiger partial charge is 0.492 e.